The number of halogens is 3. The van der Waals surface area contributed by atoms with Crippen molar-refractivity contribution in [1.29, 1.82) is 0 Å². The Kier molecular flexibility index (Phi) is 6.57. The molecule has 4 rings (SSSR count). The smallest absolute Gasteiger partial charge is 0.375 e. The van der Waals surface area contributed by atoms with Gasteiger partial charge in [-0.05, 0) is 44.2 Å². The van der Waals surface area contributed by atoms with Crippen molar-refractivity contribution in [2.75, 3.05) is 5.32 Å². The molecule has 1 atom stereocenters. The Morgan fingerprint density at radius 3 is 2.72 bits per heavy atom. The highest BCUT2D eigenvalue weighted by atomic mass is 79.9. The van der Waals surface area contributed by atoms with Crippen LogP contribution in [0.2, 0.25) is 10.0 Å². The number of anilines is 1. The van der Waals surface area contributed by atoms with E-state index in [1.165, 1.54) is 18.3 Å². The third kappa shape index (κ3) is 4.68. The summed E-state index contributed by atoms with van der Waals surface area (Å²) in [6.45, 7) is 3.25. The molecule has 0 spiro atoms. The van der Waals surface area contributed by atoms with Gasteiger partial charge >= 0.3 is 5.97 Å². The van der Waals surface area contributed by atoms with Gasteiger partial charge in [0.05, 0.1) is 15.7 Å². The number of carbonyl (C=O) groups excluding carboxylic acids is 2. The highest BCUT2D eigenvalue weighted by molar-refractivity contribution is 9.10. The normalized spacial score (nSPS) is 12.0. The van der Waals surface area contributed by atoms with E-state index in [9.17, 15) is 9.59 Å². The van der Waals surface area contributed by atoms with Crippen LogP contribution in [0.5, 0.6) is 0 Å². The second-order valence-corrected chi connectivity index (χ2v) is 9.49. The molecule has 6 nitrogen and oxygen atoms in total. The average molecular weight is 554 g/mol. The molecule has 0 unspecified atom stereocenters. The number of esters is 1. The van der Waals surface area contributed by atoms with Gasteiger partial charge in [0, 0.05) is 26.4 Å². The second kappa shape index (κ2) is 9.23. The van der Waals surface area contributed by atoms with Crippen LogP contribution in [0, 0.1) is 6.92 Å². The minimum Gasteiger partial charge on any atom is -0.449 e. The monoisotopic (exact) mass is 552 g/mol. The highest BCUT2D eigenvalue weighted by Gasteiger charge is 2.25. The topological polar surface area (TPSA) is 81.4 Å². The van der Waals surface area contributed by atoms with Crippen LogP contribution in [0.4, 0.5) is 5.13 Å². The zero-order chi connectivity index (χ0) is 23.0. The Morgan fingerprint density at radius 2 is 1.97 bits per heavy atom. The average Bonchev–Trinajstić information content (AvgIpc) is 3.35. The van der Waals surface area contributed by atoms with Crippen LogP contribution < -0.4 is 5.32 Å². The molecule has 0 saturated carbocycles. The summed E-state index contributed by atoms with van der Waals surface area (Å²) in [6, 6.07) is 10.6. The van der Waals surface area contributed by atoms with E-state index in [-0.39, 0.29) is 5.76 Å². The zero-order valence-electron chi connectivity index (χ0n) is 16.7. The number of nitrogens with one attached hydrogen (secondary N) is 1. The minimum atomic E-state index is -1.06. The predicted octanol–water partition coefficient (Wildman–Crippen LogP) is 7.12. The standard InChI is InChI=1S/C22H15BrCl2N2O4S/c1-10-14-8-13(23)4-6-18(14)31-19(10)21(29)30-11(2)20(28)27-22-26-17(9-32-22)12-3-5-15(24)16(25)7-12/h3-9,11H,1-2H3,(H,26,27,28)/t11-/m1/s1. The number of aromatic nitrogens is 1. The van der Waals surface area contributed by atoms with Crippen LogP contribution in [-0.4, -0.2) is 23.0 Å². The largest absolute Gasteiger partial charge is 0.449 e. The van der Waals surface area contributed by atoms with Gasteiger partial charge in [-0.1, -0.05) is 45.2 Å². The Labute approximate surface area is 205 Å². The summed E-state index contributed by atoms with van der Waals surface area (Å²) < 4.78 is 11.8. The number of nitrogens with zero attached hydrogens (tertiary/aromatic N) is 1. The summed E-state index contributed by atoms with van der Waals surface area (Å²) in [4.78, 5) is 29.5. The molecule has 1 N–H and O–H groups in total. The fourth-order valence-electron chi connectivity index (χ4n) is 2.98. The van der Waals surface area contributed by atoms with Gasteiger partial charge in [-0.3, -0.25) is 10.1 Å². The van der Waals surface area contributed by atoms with Crippen molar-refractivity contribution < 1.29 is 18.7 Å². The van der Waals surface area contributed by atoms with Gasteiger partial charge in [0.15, 0.2) is 11.2 Å². The summed E-state index contributed by atoms with van der Waals surface area (Å²) in [5.41, 5.74) is 2.61. The number of thiazole rings is 1. The summed E-state index contributed by atoms with van der Waals surface area (Å²) in [7, 11) is 0. The van der Waals surface area contributed by atoms with Crippen LogP contribution in [0.1, 0.15) is 23.0 Å². The molecule has 0 radical (unpaired) electrons. The molecule has 164 valence electrons. The van der Waals surface area contributed by atoms with E-state index in [0.29, 0.717) is 32.0 Å². The van der Waals surface area contributed by atoms with Gasteiger partial charge in [-0.15, -0.1) is 11.3 Å². The quantitative estimate of drug-likeness (QED) is 0.266. The van der Waals surface area contributed by atoms with Gasteiger partial charge in [0.1, 0.15) is 5.58 Å². The predicted molar refractivity (Wildman–Crippen MR) is 130 cm³/mol. The van der Waals surface area contributed by atoms with E-state index in [2.05, 4.69) is 26.2 Å². The maximum atomic E-state index is 12.6. The van der Waals surface area contributed by atoms with E-state index in [1.54, 1.807) is 36.6 Å². The van der Waals surface area contributed by atoms with Gasteiger partial charge in [0.2, 0.25) is 5.76 Å². The van der Waals surface area contributed by atoms with Crippen molar-refractivity contribution >= 4 is 78.4 Å². The minimum absolute atomic E-state index is 0.0638. The van der Waals surface area contributed by atoms with Crippen molar-refractivity contribution in [1.82, 2.24) is 4.98 Å². The molecule has 10 heteroatoms. The molecule has 0 bridgehead atoms. The highest BCUT2D eigenvalue weighted by Crippen LogP contribution is 2.31. The molecule has 1 amide bonds. The first kappa shape index (κ1) is 22.8. The third-order valence-corrected chi connectivity index (χ3v) is 6.68. The van der Waals surface area contributed by atoms with Crippen molar-refractivity contribution in [2.45, 2.75) is 20.0 Å². The van der Waals surface area contributed by atoms with Crippen LogP contribution in [0.15, 0.2) is 50.7 Å². The van der Waals surface area contributed by atoms with Crippen LogP contribution in [-0.2, 0) is 9.53 Å². The molecule has 0 aliphatic rings. The molecular formula is C22H15BrCl2N2O4S. The number of aryl methyl sites for hydroxylation is 1. The first-order valence-electron chi connectivity index (χ1n) is 9.34. The first-order chi connectivity index (χ1) is 15.2. The fraction of sp³-hybridized carbons (Fsp3) is 0.136. The fourth-order valence-corrected chi connectivity index (χ4v) is 4.36. The Morgan fingerprint density at radius 1 is 1.19 bits per heavy atom. The van der Waals surface area contributed by atoms with Crippen LogP contribution in [0.3, 0.4) is 0 Å². The molecule has 0 aliphatic heterocycles. The number of carbonyl (C=O) groups is 2. The van der Waals surface area contributed by atoms with Crippen LogP contribution >= 0.6 is 50.5 Å². The van der Waals surface area contributed by atoms with Crippen molar-refractivity contribution in [3.8, 4) is 11.3 Å². The summed E-state index contributed by atoms with van der Waals surface area (Å²) in [6.07, 6.45) is -1.06. The van der Waals surface area contributed by atoms with Crippen LogP contribution in [0.25, 0.3) is 22.2 Å². The zero-order valence-corrected chi connectivity index (χ0v) is 20.7. The maximum Gasteiger partial charge on any atom is 0.375 e. The van der Waals surface area contributed by atoms with Crippen molar-refractivity contribution in [3.63, 3.8) is 0 Å². The second-order valence-electron chi connectivity index (χ2n) is 6.90. The molecule has 0 saturated heterocycles. The summed E-state index contributed by atoms with van der Waals surface area (Å²) >= 11 is 16.6. The van der Waals surface area contributed by atoms with Gasteiger partial charge < -0.3 is 9.15 Å². The van der Waals surface area contributed by atoms with Gasteiger partial charge in [0.25, 0.3) is 5.91 Å². The molecule has 4 aromatic rings. The summed E-state index contributed by atoms with van der Waals surface area (Å²) in [5.74, 6) is -1.16. The lowest BCUT2D eigenvalue weighted by Gasteiger charge is -2.11. The molecular weight excluding hydrogens is 539 g/mol. The number of furan rings is 1. The molecule has 2 aromatic carbocycles. The van der Waals surface area contributed by atoms with Crippen molar-refractivity contribution in [3.05, 3.63) is 67.6 Å². The lowest BCUT2D eigenvalue weighted by Crippen LogP contribution is -2.30. The van der Waals surface area contributed by atoms with E-state index in [1.807, 2.05) is 12.1 Å². The number of amides is 1. The number of hydrogen-bond acceptors (Lipinski definition) is 6. The van der Waals surface area contributed by atoms with Gasteiger partial charge in [-0.25, -0.2) is 9.78 Å². The number of rotatable bonds is 5. The van der Waals surface area contributed by atoms with E-state index in [0.717, 1.165) is 15.4 Å². The number of benzene rings is 2. The molecule has 2 aromatic heterocycles. The number of fused-ring (bicyclic) bond motifs is 1. The Hall–Kier alpha value is -2.39. The lowest BCUT2D eigenvalue weighted by atomic mass is 10.1. The lowest BCUT2D eigenvalue weighted by molar-refractivity contribution is -0.123. The molecule has 32 heavy (non-hydrogen) atoms. The van der Waals surface area contributed by atoms with E-state index >= 15 is 0 Å². The van der Waals surface area contributed by atoms with E-state index < -0.39 is 18.0 Å². The first-order valence-corrected chi connectivity index (χ1v) is 11.8. The van der Waals surface area contributed by atoms with E-state index in [4.69, 9.17) is 32.4 Å². The van der Waals surface area contributed by atoms with Crippen molar-refractivity contribution in [2.24, 2.45) is 0 Å². The third-order valence-electron chi connectivity index (χ3n) is 4.69. The number of ether oxygens (including phenoxy) is 1. The Bertz CT molecular complexity index is 1350. The Balaban J connectivity index is 1.43. The molecule has 0 aliphatic carbocycles. The molecule has 0 fully saturated rings. The number of hydrogen-bond donors (Lipinski definition) is 1. The maximum absolute atomic E-state index is 12.6. The molecule has 2 heterocycles. The van der Waals surface area contributed by atoms with Gasteiger partial charge in [-0.2, -0.15) is 0 Å². The SMILES string of the molecule is Cc1c(C(=O)O[C@H](C)C(=O)Nc2nc(-c3ccc(Cl)c(Cl)c3)cs2)oc2ccc(Br)cc12. The summed E-state index contributed by atoms with van der Waals surface area (Å²) in [5, 5.41) is 6.46.